The molecule has 0 atom stereocenters. The van der Waals surface area contributed by atoms with Gasteiger partial charge >= 0.3 is 0 Å². The smallest absolute Gasteiger partial charge is 0.261 e. The van der Waals surface area contributed by atoms with Gasteiger partial charge in [-0.3, -0.25) is 4.79 Å². The highest BCUT2D eigenvalue weighted by Crippen LogP contribution is 2.25. The van der Waals surface area contributed by atoms with Crippen LogP contribution in [0.25, 0.3) is 0 Å². The lowest BCUT2D eigenvalue weighted by Crippen LogP contribution is -2.34. The normalized spacial score (nSPS) is 14.4. The van der Waals surface area contributed by atoms with Gasteiger partial charge < -0.3 is 11.1 Å². The molecule has 0 fully saturated rings. The summed E-state index contributed by atoms with van der Waals surface area (Å²) in [5, 5.41) is 3.10. The molecular formula is C15H16N2OS. The van der Waals surface area contributed by atoms with E-state index in [2.05, 4.69) is 17.4 Å². The molecule has 1 amide bonds. The summed E-state index contributed by atoms with van der Waals surface area (Å²) in [6.45, 7) is 1.93. The van der Waals surface area contributed by atoms with E-state index in [1.54, 1.807) is 6.07 Å². The van der Waals surface area contributed by atoms with Gasteiger partial charge in [-0.1, -0.05) is 24.3 Å². The Kier molecular flexibility index (Phi) is 3.03. The second-order valence-electron chi connectivity index (χ2n) is 4.97. The minimum absolute atomic E-state index is 0.0115. The van der Waals surface area contributed by atoms with Crippen LogP contribution in [0.15, 0.2) is 30.3 Å². The lowest BCUT2D eigenvalue weighted by atomic mass is 10.1. The van der Waals surface area contributed by atoms with Gasteiger partial charge in [0.2, 0.25) is 0 Å². The summed E-state index contributed by atoms with van der Waals surface area (Å²) in [5.74, 6) is -0.0115. The maximum Gasteiger partial charge on any atom is 0.261 e. The van der Waals surface area contributed by atoms with Crippen molar-refractivity contribution in [3.05, 3.63) is 51.2 Å². The number of nitrogens with one attached hydrogen (secondary N) is 1. The molecular weight excluding hydrogens is 256 g/mol. The number of thiophene rings is 1. The summed E-state index contributed by atoms with van der Waals surface area (Å²) in [4.78, 5) is 13.9. The number of nitrogens with two attached hydrogens (primary N) is 1. The van der Waals surface area contributed by atoms with Crippen molar-refractivity contribution in [2.75, 3.05) is 5.73 Å². The number of nitrogen functional groups attached to an aromatic ring is 1. The molecule has 0 bridgehead atoms. The van der Waals surface area contributed by atoms with Gasteiger partial charge in [-0.2, -0.15) is 0 Å². The monoisotopic (exact) mass is 272 g/mol. The summed E-state index contributed by atoms with van der Waals surface area (Å²) in [5.41, 5.74) is 9.17. The summed E-state index contributed by atoms with van der Waals surface area (Å²) in [6, 6.07) is 10.3. The first-order valence-electron chi connectivity index (χ1n) is 6.37. The van der Waals surface area contributed by atoms with Crippen molar-refractivity contribution in [2.45, 2.75) is 25.8 Å². The number of amides is 1. The topological polar surface area (TPSA) is 55.1 Å². The number of hydrogen-bond donors (Lipinski definition) is 2. The first kappa shape index (κ1) is 12.2. The maximum atomic E-state index is 12.2. The van der Waals surface area contributed by atoms with Crippen molar-refractivity contribution < 1.29 is 4.79 Å². The van der Waals surface area contributed by atoms with E-state index in [9.17, 15) is 4.79 Å². The van der Waals surface area contributed by atoms with Crippen LogP contribution in [-0.4, -0.2) is 11.9 Å². The van der Waals surface area contributed by atoms with Crippen LogP contribution in [0, 0.1) is 6.92 Å². The predicted molar refractivity (Wildman–Crippen MR) is 78.6 cm³/mol. The molecule has 3 rings (SSSR count). The molecule has 98 valence electrons. The van der Waals surface area contributed by atoms with Gasteiger partial charge in [-0.05, 0) is 37.0 Å². The molecule has 0 aliphatic heterocycles. The molecule has 0 unspecified atom stereocenters. The quantitative estimate of drug-likeness (QED) is 0.882. The Balaban J connectivity index is 1.69. The van der Waals surface area contributed by atoms with Crippen LogP contribution in [0.3, 0.4) is 0 Å². The SMILES string of the molecule is Cc1sc(C(=O)NC2Cc3ccccc3C2)cc1N. The second kappa shape index (κ2) is 4.70. The fourth-order valence-electron chi connectivity index (χ4n) is 2.53. The Labute approximate surface area is 116 Å². The number of carbonyl (C=O) groups is 1. The van der Waals surface area contributed by atoms with Crippen LogP contribution < -0.4 is 11.1 Å². The van der Waals surface area contributed by atoms with Crippen LogP contribution in [0.4, 0.5) is 5.69 Å². The van der Waals surface area contributed by atoms with Crippen LogP contribution in [0.5, 0.6) is 0 Å². The number of rotatable bonds is 2. The zero-order chi connectivity index (χ0) is 13.4. The molecule has 0 radical (unpaired) electrons. The van der Waals surface area contributed by atoms with E-state index in [4.69, 9.17) is 5.73 Å². The van der Waals surface area contributed by atoms with Gasteiger partial charge in [-0.15, -0.1) is 11.3 Å². The Bertz CT molecular complexity index is 588. The average Bonchev–Trinajstić information content (AvgIpc) is 2.93. The molecule has 1 aliphatic rings. The van der Waals surface area contributed by atoms with E-state index >= 15 is 0 Å². The van der Waals surface area contributed by atoms with Crippen LogP contribution in [0.1, 0.15) is 25.7 Å². The molecule has 19 heavy (non-hydrogen) atoms. The summed E-state index contributed by atoms with van der Waals surface area (Å²) in [6.07, 6.45) is 1.84. The molecule has 1 aliphatic carbocycles. The number of carbonyl (C=O) groups excluding carboxylic acids is 1. The number of hydrogen-bond acceptors (Lipinski definition) is 3. The van der Waals surface area contributed by atoms with Crippen LogP contribution in [0.2, 0.25) is 0 Å². The molecule has 1 heterocycles. The zero-order valence-electron chi connectivity index (χ0n) is 10.8. The molecule has 0 saturated carbocycles. The molecule has 0 saturated heterocycles. The van der Waals surface area contributed by atoms with E-state index in [0.29, 0.717) is 10.6 Å². The minimum Gasteiger partial charge on any atom is -0.398 e. The fraction of sp³-hybridized carbons (Fsp3) is 0.267. The largest absolute Gasteiger partial charge is 0.398 e. The molecule has 1 aromatic heterocycles. The lowest BCUT2D eigenvalue weighted by Gasteiger charge is -2.10. The van der Waals surface area contributed by atoms with Gasteiger partial charge in [-0.25, -0.2) is 0 Å². The first-order chi connectivity index (χ1) is 9.13. The third-order valence-electron chi connectivity index (χ3n) is 3.57. The van der Waals surface area contributed by atoms with Crippen molar-refractivity contribution in [1.82, 2.24) is 5.32 Å². The van der Waals surface area contributed by atoms with Crippen molar-refractivity contribution >= 4 is 22.9 Å². The molecule has 0 spiro atoms. The summed E-state index contributed by atoms with van der Waals surface area (Å²) >= 11 is 1.45. The lowest BCUT2D eigenvalue weighted by molar-refractivity contribution is 0.0942. The Morgan fingerprint density at radius 2 is 1.95 bits per heavy atom. The van der Waals surface area contributed by atoms with Gasteiger partial charge in [0.25, 0.3) is 5.91 Å². The molecule has 3 nitrogen and oxygen atoms in total. The van der Waals surface area contributed by atoms with E-state index in [-0.39, 0.29) is 11.9 Å². The first-order valence-corrected chi connectivity index (χ1v) is 7.18. The van der Waals surface area contributed by atoms with Crippen molar-refractivity contribution in [3.8, 4) is 0 Å². The van der Waals surface area contributed by atoms with E-state index in [1.165, 1.54) is 22.5 Å². The third-order valence-corrected chi connectivity index (χ3v) is 4.63. The van der Waals surface area contributed by atoms with Crippen molar-refractivity contribution in [3.63, 3.8) is 0 Å². The Morgan fingerprint density at radius 1 is 1.32 bits per heavy atom. The van der Waals surface area contributed by atoms with Gasteiger partial charge in [0.15, 0.2) is 0 Å². The Hall–Kier alpha value is -1.81. The summed E-state index contributed by atoms with van der Waals surface area (Å²) < 4.78 is 0. The number of benzene rings is 1. The molecule has 2 aromatic rings. The predicted octanol–water partition coefficient (Wildman–Crippen LogP) is 2.54. The maximum absolute atomic E-state index is 12.2. The zero-order valence-corrected chi connectivity index (χ0v) is 11.6. The van der Waals surface area contributed by atoms with E-state index in [0.717, 1.165) is 17.7 Å². The standard InChI is InChI=1S/C15H16N2OS/c1-9-13(16)8-14(19-9)15(18)17-12-6-10-4-2-3-5-11(10)7-12/h2-5,8,12H,6-7,16H2,1H3,(H,17,18). The molecule has 4 heteroatoms. The van der Waals surface area contributed by atoms with E-state index < -0.39 is 0 Å². The highest BCUT2D eigenvalue weighted by atomic mass is 32.1. The number of aryl methyl sites for hydroxylation is 1. The van der Waals surface area contributed by atoms with Crippen molar-refractivity contribution in [1.29, 1.82) is 0 Å². The second-order valence-corrected chi connectivity index (χ2v) is 6.23. The van der Waals surface area contributed by atoms with Gasteiger partial charge in [0, 0.05) is 16.6 Å². The van der Waals surface area contributed by atoms with Gasteiger partial charge in [0.1, 0.15) is 0 Å². The van der Waals surface area contributed by atoms with E-state index in [1.807, 2.05) is 19.1 Å². The average molecular weight is 272 g/mol. The van der Waals surface area contributed by atoms with Crippen LogP contribution >= 0.6 is 11.3 Å². The third kappa shape index (κ3) is 2.36. The van der Waals surface area contributed by atoms with Gasteiger partial charge in [0.05, 0.1) is 4.88 Å². The Morgan fingerprint density at radius 3 is 2.47 bits per heavy atom. The number of fused-ring (bicyclic) bond motifs is 1. The minimum atomic E-state index is -0.0115. The highest BCUT2D eigenvalue weighted by molar-refractivity contribution is 7.14. The summed E-state index contributed by atoms with van der Waals surface area (Å²) in [7, 11) is 0. The number of anilines is 1. The highest BCUT2D eigenvalue weighted by Gasteiger charge is 2.23. The molecule has 3 N–H and O–H groups in total. The fourth-order valence-corrected chi connectivity index (χ4v) is 3.37. The van der Waals surface area contributed by atoms with Crippen LogP contribution in [-0.2, 0) is 12.8 Å². The molecule has 1 aromatic carbocycles. The van der Waals surface area contributed by atoms with Crippen molar-refractivity contribution in [2.24, 2.45) is 0 Å².